The Kier molecular flexibility index (Phi) is 4.31. The Hall–Kier alpha value is -0.980. The van der Waals surface area contributed by atoms with Crippen molar-refractivity contribution in [1.29, 1.82) is 0 Å². The van der Waals surface area contributed by atoms with E-state index in [1.165, 1.54) is 12.1 Å². The lowest BCUT2D eigenvalue weighted by Gasteiger charge is -2.14. The Balaban J connectivity index is 1.95. The summed E-state index contributed by atoms with van der Waals surface area (Å²) in [5.74, 6) is -0.794. The van der Waals surface area contributed by atoms with E-state index in [1.807, 2.05) is 0 Å². The average Bonchev–Trinajstić information content (AvgIpc) is 2.70. The summed E-state index contributed by atoms with van der Waals surface area (Å²) in [5.41, 5.74) is 0.266. The first-order valence-electron chi connectivity index (χ1n) is 5.69. The van der Waals surface area contributed by atoms with Gasteiger partial charge in [0.15, 0.2) is 0 Å². The molecule has 0 spiro atoms. The number of aliphatic hydroxyl groups is 1. The number of β-amino-alcohol motifs (C(OH)–C–C–N with tert-alkyl or cyclic N) is 1. The van der Waals surface area contributed by atoms with Crippen molar-refractivity contribution in [2.75, 3.05) is 19.6 Å². The molecular formula is C12H14BrFN2O2. The Morgan fingerprint density at radius 2 is 2.28 bits per heavy atom. The predicted molar refractivity (Wildman–Crippen MR) is 68.8 cm³/mol. The van der Waals surface area contributed by atoms with E-state index in [2.05, 4.69) is 26.6 Å². The molecule has 0 aliphatic carbocycles. The van der Waals surface area contributed by atoms with E-state index in [1.54, 1.807) is 6.07 Å². The Bertz CT molecular complexity index is 435. The highest BCUT2D eigenvalue weighted by atomic mass is 79.9. The minimum atomic E-state index is -0.461. The summed E-state index contributed by atoms with van der Waals surface area (Å²) in [6, 6.07) is 4.03. The van der Waals surface area contributed by atoms with Crippen LogP contribution in [0, 0.1) is 11.7 Å². The highest BCUT2D eigenvalue weighted by Gasteiger charge is 2.25. The molecule has 2 rings (SSSR count). The summed E-state index contributed by atoms with van der Waals surface area (Å²) in [7, 11) is 0. The van der Waals surface area contributed by atoms with Crippen LogP contribution in [0.2, 0.25) is 0 Å². The van der Waals surface area contributed by atoms with E-state index in [4.69, 9.17) is 0 Å². The van der Waals surface area contributed by atoms with Crippen molar-refractivity contribution in [3.63, 3.8) is 0 Å². The molecule has 2 atom stereocenters. The molecule has 1 fully saturated rings. The molecule has 4 nitrogen and oxygen atoms in total. The van der Waals surface area contributed by atoms with Gasteiger partial charge in [-0.25, -0.2) is 4.39 Å². The van der Waals surface area contributed by atoms with Gasteiger partial charge in [-0.3, -0.25) is 4.79 Å². The summed E-state index contributed by atoms with van der Waals surface area (Å²) in [5, 5.41) is 15.3. The molecule has 0 saturated carbocycles. The van der Waals surface area contributed by atoms with Gasteiger partial charge in [0.25, 0.3) is 5.91 Å². The van der Waals surface area contributed by atoms with Gasteiger partial charge in [-0.1, -0.05) is 15.9 Å². The standard InChI is InChI=1S/C12H14BrFN2O2/c13-9-1-7(2-10(14)3-9)12(18)16-5-8-4-15-6-11(8)17/h1-3,8,11,15,17H,4-6H2,(H,16,18). The van der Waals surface area contributed by atoms with Crippen LogP contribution in [0.1, 0.15) is 10.4 Å². The van der Waals surface area contributed by atoms with Crippen molar-refractivity contribution in [2.24, 2.45) is 5.92 Å². The smallest absolute Gasteiger partial charge is 0.251 e. The van der Waals surface area contributed by atoms with E-state index in [9.17, 15) is 14.3 Å². The molecule has 1 heterocycles. The molecule has 0 aromatic heterocycles. The van der Waals surface area contributed by atoms with Gasteiger partial charge in [0.2, 0.25) is 0 Å². The van der Waals surface area contributed by atoms with Gasteiger partial charge in [-0.15, -0.1) is 0 Å². The van der Waals surface area contributed by atoms with E-state index >= 15 is 0 Å². The minimum absolute atomic E-state index is 0.00551. The van der Waals surface area contributed by atoms with Gasteiger partial charge in [-0.2, -0.15) is 0 Å². The molecule has 1 saturated heterocycles. The number of nitrogens with one attached hydrogen (secondary N) is 2. The molecule has 1 aromatic rings. The Morgan fingerprint density at radius 1 is 1.50 bits per heavy atom. The first-order chi connectivity index (χ1) is 8.56. The van der Waals surface area contributed by atoms with Gasteiger partial charge in [-0.05, 0) is 18.2 Å². The summed E-state index contributed by atoms with van der Waals surface area (Å²) < 4.78 is 13.7. The third-order valence-corrected chi connectivity index (χ3v) is 3.41. The van der Waals surface area contributed by atoms with Crippen molar-refractivity contribution in [1.82, 2.24) is 10.6 Å². The quantitative estimate of drug-likeness (QED) is 0.776. The molecule has 1 aromatic carbocycles. The number of amides is 1. The lowest BCUT2D eigenvalue weighted by Crippen LogP contribution is -2.34. The van der Waals surface area contributed by atoms with Crippen LogP contribution in [-0.4, -0.2) is 36.8 Å². The molecular weight excluding hydrogens is 303 g/mol. The molecule has 1 aliphatic rings. The first kappa shape index (κ1) is 13.5. The summed E-state index contributed by atoms with van der Waals surface area (Å²) in [6.45, 7) is 1.60. The Morgan fingerprint density at radius 3 is 2.89 bits per heavy atom. The Labute approximate surface area is 113 Å². The maximum atomic E-state index is 13.1. The average molecular weight is 317 g/mol. The molecule has 0 radical (unpaired) electrons. The van der Waals surface area contributed by atoms with Crippen molar-refractivity contribution in [3.8, 4) is 0 Å². The molecule has 3 N–H and O–H groups in total. The van der Waals surface area contributed by atoms with Crippen LogP contribution in [0.25, 0.3) is 0 Å². The molecule has 18 heavy (non-hydrogen) atoms. The topological polar surface area (TPSA) is 61.4 Å². The van der Waals surface area contributed by atoms with Crippen molar-refractivity contribution in [3.05, 3.63) is 34.1 Å². The number of hydrogen-bond acceptors (Lipinski definition) is 3. The molecule has 0 bridgehead atoms. The van der Waals surface area contributed by atoms with Gasteiger partial charge in [0.05, 0.1) is 6.10 Å². The number of hydrogen-bond donors (Lipinski definition) is 3. The van der Waals surface area contributed by atoms with Crippen molar-refractivity contribution < 1.29 is 14.3 Å². The fourth-order valence-electron chi connectivity index (χ4n) is 1.94. The summed E-state index contributed by atoms with van der Waals surface area (Å²) >= 11 is 3.14. The second kappa shape index (κ2) is 5.77. The monoisotopic (exact) mass is 316 g/mol. The summed E-state index contributed by atoms with van der Waals surface area (Å²) in [4.78, 5) is 11.8. The number of rotatable bonds is 3. The zero-order valence-electron chi connectivity index (χ0n) is 9.62. The second-order valence-corrected chi connectivity index (χ2v) is 5.27. The van der Waals surface area contributed by atoms with Crippen LogP contribution in [-0.2, 0) is 0 Å². The molecule has 1 amide bonds. The van der Waals surface area contributed by atoms with E-state index in [-0.39, 0.29) is 17.4 Å². The van der Waals surface area contributed by atoms with Gasteiger partial charge in [0, 0.05) is 35.6 Å². The van der Waals surface area contributed by atoms with Crippen molar-refractivity contribution in [2.45, 2.75) is 6.10 Å². The zero-order chi connectivity index (χ0) is 13.1. The highest BCUT2D eigenvalue weighted by molar-refractivity contribution is 9.10. The molecule has 1 aliphatic heterocycles. The van der Waals surface area contributed by atoms with Crippen LogP contribution < -0.4 is 10.6 Å². The van der Waals surface area contributed by atoms with Gasteiger partial charge >= 0.3 is 0 Å². The van der Waals surface area contributed by atoms with E-state index in [0.29, 0.717) is 24.1 Å². The maximum Gasteiger partial charge on any atom is 0.251 e. The van der Waals surface area contributed by atoms with Crippen LogP contribution in [0.3, 0.4) is 0 Å². The van der Waals surface area contributed by atoms with Crippen LogP contribution in [0.5, 0.6) is 0 Å². The fourth-order valence-corrected chi connectivity index (χ4v) is 2.40. The number of carbonyl (C=O) groups excluding carboxylic acids is 1. The number of halogens is 2. The third-order valence-electron chi connectivity index (χ3n) is 2.95. The lowest BCUT2D eigenvalue weighted by atomic mass is 10.1. The number of benzene rings is 1. The second-order valence-electron chi connectivity index (χ2n) is 4.35. The van der Waals surface area contributed by atoms with Crippen LogP contribution >= 0.6 is 15.9 Å². The largest absolute Gasteiger partial charge is 0.391 e. The molecule has 2 unspecified atom stereocenters. The molecule has 6 heteroatoms. The third kappa shape index (κ3) is 3.28. The van der Waals surface area contributed by atoms with E-state index < -0.39 is 11.9 Å². The maximum absolute atomic E-state index is 13.1. The van der Waals surface area contributed by atoms with Crippen LogP contribution in [0.4, 0.5) is 4.39 Å². The number of carbonyl (C=O) groups is 1. The van der Waals surface area contributed by atoms with Gasteiger partial charge < -0.3 is 15.7 Å². The summed E-state index contributed by atoms with van der Waals surface area (Å²) in [6.07, 6.45) is -0.440. The van der Waals surface area contributed by atoms with Crippen molar-refractivity contribution >= 4 is 21.8 Å². The lowest BCUT2D eigenvalue weighted by molar-refractivity contribution is 0.0926. The van der Waals surface area contributed by atoms with Gasteiger partial charge in [0.1, 0.15) is 5.82 Å². The first-order valence-corrected chi connectivity index (χ1v) is 6.48. The van der Waals surface area contributed by atoms with E-state index in [0.717, 1.165) is 0 Å². The fraction of sp³-hybridized carbons (Fsp3) is 0.417. The minimum Gasteiger partial charge on any atom is -0.391 e. The number of aliphatic hydroxyl groups excluding tert-OH is 1. The SMILES string of the molecule is O=C(NCC1CNCC1O)c1cc(F)cc(Br)c1. The molecule has 98 valence electrons. The van der Waals surface area contributed by atoms with Crippen LogP contribution in [0.15, 0.2) is 22.7 Å². The zero-order valence-corrected chi connectivity index (χ0v) is 11.2. The predicted octanol–water partition coefficient (Wildman–Crippen LogP) is 0.898. The highest BCUT2D eigenvalue weighted by Crippen LogP contribution is 2.15. The normalized spacial score (nSPS) is 23.1.